The van der Waals surface area contributed by atoms with E-state index in [1.807, 2.05) is 6.92 Å². The highest BCUT2D eigenvalue weighted by molar-refractivity contribution is 14.1. The fourth-order valence-corrected chi connectivity index (χ4v) is 1.93. The average molecular weight is 272 g/mol. The van der Waals surface area contributed by atoms with E-state index in [1.54, 1.807) is 0 Å². The molecular formula is C10H9IO. The Kier molecular flexibility index (Phi) is 1.87. The molecule has 0 saturated carbocycles. The Hall–Kier alpha value is -0.510. The van der Waals surface area contributed by atoms with Crippen LogP contribution in [0.15, 0.2) is 22.6 Å². The van der Waals surface area contributed by atoms with Gasteiger partial charge in [0.05, 0.1) is 0 Å². The third kappa shape index (κ3) is 1.14. The predicted octanol–water partition coefficient (Wildman–Crippen LogP) is 3.65. The van der Waals surface area contributed by atoms with Gasteiger partial charge in [-0.05, 0) is 54.1 Å². The van der Waals surface area contributed by atoms with Crippen molar-refractivity contribution < 1.29 is 4.42 Å². The predicted molar refractivity (Wildman–Crippen MR) is 58.4 cm³/mol. The third-order valence-corrected chi connectivity index (χ3v) is 2.89. The molecule has 0 amide bonds. The Labute approximate surface area is 84.9 Å². The van der Waals surface area contributed by atoms with Gasteiger partial charge >= 0.3 is 0 Å². The van der Waals surface area contributed by atoms with Gasteiger partial charge in [0.15, 0.2) is 0 Å². The standard InChI is InChI=1S/C10H9IO/c1-6-3-4-9(11)8-5-7(2)12-10(6)8/h3-5H,1-2H3. The number of hydrogen-bond acceptors (Lipinski definition) is 1. The zero-order valence-corrected chi connectivity index (χ0v) is 9.18. The van der Waals surface area contributed by atoms with E-state index in [9.17, 15) is 0 Å². The van der Waals surface area contributed by atoms with Crippen LogP contribution in [0.3, 0.4) is 0 Å². The van der Waals surface area contributed by atoms with Crippen molar-refractivity contribution in [3.63, 3.8) is 0 Å². The summed E-state index contributed by atoms with van der Waals surface area (Å²) >= 11 is 2.33. The second kappa shape index (κ2) is 2.76. The lowest BCUT2D eigenvalue weighted by atomic mass is 10.2. The molecular weight excluding hydrogens is 263 g/mol. The molecule has 0 spiro atoms. The van der Waals surface area contributed by atoms with E-state index >= 15 is 0 Å². The summed E-state index contributed by atoms with van der Waals surface area (Å²) in [4.78, 5) is 0. The first-order valence-electron chi connectivity index (χ1n) is 3.84. The molecule has 62 valence electrons. The monoisotopic (exact) mass is 272 g/mol. The lowest BCUT2D eigenvalue weighted by molar-refractivity contribution is 0.576. The maximum atomic E-state index is 5.57. The van der Waals surface area contributed by atoms with Gasteiger partial charge in [-0.2, -0.15) is 0 Å². The van der Waals surface area contributed by atoms with Crippen LogP contribution >= 0.6 is 22.6 Å². The van der Waals surface area contributed by atoms with Crippen molar-refractivity contribution in [2.24, 2.45) is 0 Å². The second-order valence-electron chi connectivity index (χ2n) is 2.96. The Balaban J connectivity index is 2.93. The van der Waals surface area contributed by atoms with Crippen LogP contribution in [0.25, 0.3) is 11.0 Å². The summed E-state index contributed by atoms with van der Waals surface area (Å²) in [6.45, 7) is 4.05. The highest BCUT2D eigenvalue weighted by Crippen LogP contribution is 2.26. The van der Waals surface area contributed by atoms with E-state index in [0.717, 1.165) is 11.3 Å². The first-order valence-corrected chi connectivity index (χ1v) is 4.91. The Morgan fingerprint density at radius 2 is 2.00 bits per heavy atom. The minimum atomic E-state index is 0.984. The highest BCUT2D eigenvalue weighted by Gasteiger charge is 2.05. The molecule has 0 atom stereocenters. The molecule has 0 bridgehead atoms. The van der Waals surface area contributed by atoms with Crippen LogP contribution in [0, 0.1) is 17.4 Å². The molecule has 1 aromatic carbocycles. The summed E-state index contributed by atoms with van der Waals surface area (Å²) in [5.41, 5.74) is 2.23. The molecule has 2 aromatic rings. The van der Waals surface area contributed by atoms with Gasteiger partial charge in [-0.25, -0.2) is 0 Å². The van der Waals surface area contributed by atoms with Crippen molar-refractivity contribution in [2.45, 2.75) is 13.8 Å². The van der Waals surface area contributed by atoms with Gasteiger partial charge in [0.25, 0.3) is 0 Å². The van der Waals surface area contributed by atoms with E-state index in [1.165, 1.54) is 14.5 Å². The van der Waals surface area contributed by atoms with E-state index in [-0.39, 0.29) is 0 Å². The molecule has 1 nitrogen and oxygen atoms in total. The van der Waals surface area contributed by atoms with Crippen molar-refractivity contribution in [3.8, 4) is 0 Å². The number of aryl methyl sites for hydroxylation is 2. The fraction of sp³-hybridized carbons (Fsp3) is 0.200. The summed E-state index contributed by atoms with van der Waals surface area (Å²) in [6, 6.07) is 6.30. The van der Waals surface area contributed by atoms with E-state index in [4.69, 9.17) is 4.42 Å². The topological polar surface area (TPSA) is 13.1 Å². The molecule has 0 radical (unpaired) electrons. The Morgan fingerprint density at radius 1 is 1.25 bits per heavy atom. The zero-order valence-electron chi connectivity index (χ0n) is 7.02. The number of hydrogen-bond donors (Lipinski definition) is 0. The molecule has 1 aromatic heterocycles. The molecule has 0 unspecified atom stereocenters. The van der Waals surface area contributed by atoms with Crippen LogP contribution in [0.5, 0.6) is 0 Å². The van der Waals surface area contributed by atoms with E-state index in [2.05, 4.69) is 47.7 Å². The quantitative estimate of drug-likeness (QED) is 0.667. The van der Waals surface area contributed by atoms with Crippen molar-refractivity contribution in [3.05, 3.63) is 33.1 Å². The summed E-state index contributed by atoms with van der Waals surface area (Å²) in [5, 5.41) is 1.23. The molecule has 0 N–H and O–H groups in total. The summed E-state index contributed by atoms with van der Waals surface area (Å²) in [5.74, 6) is 0.984. The molecule has 0 fully saturated rings. The molecule has 1 heterocycles. The molecule has 0 aliphatic heterocycles. The minimum absolute atomic E-state index is 0.984. The molecule has 12 heavy (non-hydrogen) atoms. The highest BCUT2D eigenvalue weighted by atomic mass is 127. The maximum absolute atomic E-state index is 5.57. The lowest BCUT2D eigenvalue weighted by Gasteiger charge is -1.95. The van der Waals surface area contributed by atoms with Crippen molar-refractivity contribution in [2.75, 3.05) is 0 Å². The Bertz CT molecular complexity index is 390. The normalized spacial score (nSPS) is 10.9. The second-order valence-corrected chi connectivity index (χ2v) is 4.13. The van der Waals surface area contributed by atoms with Gasteiger partial charge in [0, 0.05) is 8.96 Å². The smallest absolute Gasteiger partial charge is 0.138 e. The van der Waals surface area contributed by atoms with Crippen LogP contribution in [-0.4, -0.2) is 0 Å². The van der Waals surface area contributed by atoms with Crippen LogP contribution < -0.4 is 0 Å². The zero-order chi connectivity index (χ0) is 8.72. The number of furan rings is 1. The van der Waals surface area contributed by atoms with Crippen molar-refractivity contribution in [1.29, 1.82) is 0 Å². The summed E-state index contributed by atoms with van der Waals surface area (Å²) < 4.78 is 6.83. The van der Waals surface area contributed by atoms with Gasteiger partial charge in [-0.15, -0.1) is 0 Å². The average Bonchev–Trinajstić information content (AvgIpc) is 2.41. The maximum Gasteiger partial charge on any atom is 0.138 e. The summed E-state index contributed by atoms with van der Waals surface area (Å²) in [6.07, 6.45) is 0. The number of rotatable bonds is 0. The number of fused-ring (bicyclic) bond motifs is 1. The van der Waals surface area contributed by atoms with Crippen LogP contribution in [0.2, 0.25) is 0 Å². The van der Waals surface area contributed by atoms with E-state index < -0.39 is 0 Å². The van der Waals surface area contributed by atoms with Gasteiger partial charge in [0.1, 0.15) is 11.3 Å². The lowest BCUT2D eigenvalue weighted by Crippen LogP contribution is -1.75. The van der Waals surface area contributed by atoms with E-state index in [0.29, 0.717) is 0 Å². The van der Waals surface area contributed by atoms with Gasteiger partial charge in [0.2, 0.25) is 0 Å². The molecule has 2 heteroatoms. The van der Waals surface area contributed by atoms with Crippen LogP contribution in [0.4, 0.5) is 0 Å². The largest absolute Gasteiger partial charge is 0.461 e. The fourth-order valence-electron chi connectivity index (χ4n) is 1.35. The molecule has 0 aliphatic rings. The van der Waals surface area contributed by atoms with Gasteiger partial charge < -0.3 is 4.42 Å². The minimum Gasteiger partial charge on any atom is -0.461 e. The van der Waals surface area contributed by atoms with Crippen molar-refractivity contribution in [1.82, 2.24) is 0 Å². The number of halogens is 1. The van der Waals surface area contributed by atoms with Gasteiger partial charge in [-0.3, -0.25) is 0 Å². The number of benzene rings is 1. The Morgan fingerprint density at radius 3 is 2.67 bits per heavy atom. The first-order chi connectivity index (χ1) is 5.68. The van der Waals surface area contributed by atoms with Crippen LogP contribution in [0.1, 0.15) is 11.3 Å². The first kappa shape index (κ1) is 8.10. The van der Waals surface area contributed by atoms with Gasteiger partial charge in [-0.1, -0.05) is 6.07 Å². The van der Waals surface area contributed by atoms with Crippen LogP contribution in [-0.2, 0) is 0 Å². The molecule has 2 rings (SSSR count). The SMILES string of the molecule is Cc1cc2c(I)ccc(C)c2o1. The molecule has 0 saturated heterocycles. The van der Waals surface area contributed by atoms with Crippen molar-refractivity contribution >= 4 is 33.6 Å². The summed E-state index contributed by atoms with van der Waals surface area (Å²) in [7, 11) is 0. The third-order valence-electron chi connectivity index (χ3n) is 1.95. The molecule has 0 aliphatic carbocycles.